The van der Waals surface area contributed by atoms with Gasteiger partial charge in [0.05, 0.1) is 5.52 Å². The number of hydrogen-bond donors (Lipinski definition) is 0. The van der Waals surface area contributed by atoms with Crippen LogP contribution in [-0.2, 0) is 0 Å². The fraction of sp³-hybridized carbons (Fsp3) is 0.444. The molecular formula is C18H21NO. The summed E-state index contributed by atoms with van der Waals surface area (Å²) in [7, 11) is 0. The van der Waals surface area contributed by atoms with Crippen LogP contribution in [0, 0.1) is 12.8 Å². The van der Waals surface area contributed by atoms with Crippen LogP contribution in [0.25, 0.3) is 10.9 Å². The van der Waals surface area contributed by atoms with Gasteiger partial charge in [-0.2, -0.15) is 0 Å². The Labute approximate surface area is 120 Å². The molecule has 1 aliphatic carbocycles. The fourth-order valence-corrected chi connectivity index (χ4v) is 3.25. The zero-order valence-corrected chi connectivity index (χ0v) is 12.1. The summed E-state index contributed by atoms with van der Waals surface area (Å²) in [5.41, 5.74) is 2.72. The SMILES string of the molecule is Cc1cc(C(=O)CC2CCCCC2)nc2ccccc12. The average molecular weight is 267 g/mol. The molecule has 0 radical (unpaired) electrons. The van der Waals surface area contributed by atoms with Gasteiger partial charge in [0.15, 0.2) is 5.78 Å². The number of fused-ring (bicyclic) bond motifs is 1. The van der Waals surface area contributed by atoms with Crippen LogP contribution in [0.3, 0.4) is 0 Å². The molecule has 2 aromatic rings. The van der Waals surface area contributed by atoms with Crippen molar-refractivity contribution in [1.29, 1.82) is 0 Å². The van der Waals surface area contributed by atoms with Crippen LogP contribution in [0.1, 0.15) is 54.6 Å². The van der Waals surface area contributed by atoms with Crippen LogP contribution in [-0.4, -0.2) is 10.8 Å². The van der Waals surface area contributed by atoms with Crippen molar-refractivity contribution in [1.82, 2.24) is 4.98 Å². The zero-order valence-electron chi connectivity index (χ0n) is 12.1. The fourth-order valence-electron chi connectivity index (χ4n) is 3.25. The van der Waals surface area contributed by atoms with Gasteiger partial charge < -0.3 is 0 Å². The van der Waals surface area contributed by atoms with Gasteiger partial charge in [-0.15, -0.1) is 0 Å². The van der Waals surface area contributed by atoms with Gasteiger partial charge in [-0.25, -0.2) is 4.98 Å². The second-order valence-electron chi connectivity index (χ2n) is 5.97. The molecule has 3 rings (SSSR count). The monoisotopic (exact) mass is 267 g/mol. The van der Waals surface area contributed by atoms with Gasteiger partial charge in [0.1, 0.15) is 5.69 Å². The molecule has 1 fully saturated rings. The van der Waals surface area contributed by atoms with Crippen molar-refractivity contribution >= 4 is 16.7 Å². The lowest BCUT2D eigenvalue weighted by Gasteiger charge is -2.20. The minimum atomic E-state index is 0.214. The van der Waals surface area contributed by atoms with E-state index in [-0.39, 0.29) is 5.78 Å². The van der Waals surface area contributed by atoms with Gasteiger partial charge in [-0.1, -0.05) is 50.3 Å². The second-order valence-corrected chi connectivity index (χ2v) is 5.97. The maximum Gasteiger partial charge on any atom is 0.181 e. The number of aryl methyl sites for hydroxylation is 1. The molecule has 2 heteroatoms. The Hall–Kier alpha value is -1.70. The van der Waals surface area contributed by atoms with Crippen molar-refractivity contribution in [2.45, 2.75) is 45.4 Å². The summed E-state index contributed by atoms with van der Waals surface area (Å²) in [5.74, 6) is 0.788. The molecule has 0 amide bonds. The van der Waals surface area contributed by atoms with E-state index in [1.807, 2.05) is 24.3 Å². The van der Waals surface area contributed by atoms with Crippen molar-refractivity contribution < 1.29 is 4.79 Å². The van der Waals surface area contributed by atoms with Crippen LogP contribution in [0.2, 0.25) is 0 Å². The maximum atomic E-state index is 12.4. The number of pyridine rings is 1. The molecule has 0 saturated heterocycles. The Balaban J connectivity index is 1.84. The van der Waals surface area contributed by atoms with Gasteiger partial charge in [-0.05, 0) is 30.5 Å². The molecule has 20 heavy (non-hydrogen) atoms. The third-order valence-electron chi connectivity index (χ3n) is 4.41. The predicted octanol–water partition coefficient (Wildman–Crippen LogP) is 4.70. The van der Waals surface area contributed by atoms with E-state index in [1.165, 1.54) is 32.1 Å². The van der Waals surface area contributed by atoms with E-state index in [0.717, 1.165) is 16.5 Å². The topological polar surface area (TPSA) is 30.0 Å². The molecule has 1 aromatic heterocycles. The average Bonchev–Trinajstić information content (AvgIpc) is 2.48. The van der Waals surface area contributed by atoms with E-state index < -0.39 is 0 Å². The number of para-hydroxylation sites is 1. The zero-order chi connectivity index (χ0) is 13.9. The van der Waals surface area contributed by atoms with Crippen molar-refractivity contribution in [3.05, 3.63) is 41.6 Å². The molecule has 1 saturated carbocycles. The Morgan fingerprint density at radius 3 is 2.75 bits per heavy atom. The number of benzene rings is 1. The first-order chi connectivity index (χ1) is 9.74. The molecule has 0 spiro atoms. The number of aromatic nitrogens is 1. The summed E-state index contributed by atoms with van der Waals surface area (Å²) in [6, 6.07) is 9.99. The molecule has 104 valence electrons. The van der Waals surface area contributed by atoms with Crippen molar-refractivity contribution in [3.63, 3.8) is 0 Å². The predicted molar refractivity (Wildman–Crippen MR) is 82.0 cm³/mol. The van der Waals surface area contributed by atoms with Crippen molar-refractivity contribution in [2.75, 3.05) is 0 Å². The lowest BCUT2D eigenvalue weighted by molar-refractivity contribution is 0.0945. The quantitative estimate of drug-likeness (QED) is 0.755. The first-order valence-corrected chi connectivity index (χ1v) is 7.63. The Morgan fingerprint density at radius 2 is 1.95 bits per heavy atom. The molecule has 0 bridgehead atoms. The smallest absolute Gasteiger partial charge is 0.181 e. The standard InChI is InChI=1S/C18H21NO/c1-13-11-17(19-16-10-6-5-9-15(13)16)18(20)12-14-7-3-2-4-8-14/h5-6,9-11,14H,2-4,7-8,12H2,1H3. The van der Waals surface area contributed by atoms with Gasteiger partial charge in [0.25, 0.3) is 0 Å². The highest BCUT2D eigenvalue weighted by atomic mass is 16.1. The number of carbonyl (C=O) groups excluding carboxylic acids is 1. The maximum absolute atomic E-state index is 12.4. The molecule has 1 aliphatic rings. The van der Waals surface area contributed by atoms with E-state index in [9.17, 15) is 4.79 Å². The summed E-state index contributed by atoms with van der Waals surface area (Å²) in [5, 5.41) is 1.14. The minimum absolute atomic E-state index is 0.214. The lowest BCUT2D eigenvalue weighted by Crippen LogP contribution is -2.13. The Kier molecular flexibility index (Phi) is 3.81. The van der Waals surface area contributed by atoms with Gasteiger partial charge >= 0.3 is 0 Å². The summed E-state index contributed by atoms with van der Waals surface area (Å²) in [4.78, 5) is 17.0. The van der Waals surface area contributed by atoms with E-state index in [1.54, 1.807) is 0 Å². The number of nitrogens with zero attached hydrogens (tertiary/aromatic N) is 1. The molecule has 0 aliphatic heterocycles. The lowest BCUT2D eigenvalue weighted by atomic mass is 9.85. The Bertz CT molecular complexity index is 626. The summed E-state index contributed by atoms with van der Waals surface area (Å²) < 4.78 is 0. The molecule has 1 aromatic carbocycles. The van der Waals surface area contributed by atoms with E-state index in [0.29, 0.717) is 18.0 Å². The van der Waals surface area contributed by atoms with Gasteiger partial charge in [0.2, 0.25) is 0 Å². The molecule has 1 heterocycles. The molecule has 2 nitrogen and oxygen atoms in total. The van der Waals surface area contributed by atoms with E-state index >= 15 is 0 Å². The summed E-state index contributed by atoms with van der Waals surface area (Å²) in [6.45, 7) is 2.06. The third kappa shape index (κ3) is 2.74. The van der Waals surface area contributed by atoms with Gasteiger partial charge in [0, 0.05) is 11.8 Å². The highest BCUT2D eigenvalue weighted by Crippen LogP contribution is 2.28. The number of Topliss-reactive ketones (excluding diaryl/α,β-unsaturated/α-hetero) is 1. The van der Waals surface area contributed by atoms with Gasteiger partial charge in [-0.3, -0.25) is 4.79 Å². The van der Waals surface area contributed by atoms with Crippen LogP contribution in [0.15, 0.2) is 30.3 Å². The number of ketones is 1. The van der Waals surface area contributed by atoms with E-state index in [2.05, 4.69) is 18.0 Å². The highest BCUT2D eigenvalue weighted by Gasteiger charge is 2.19. The van der Waals surface area contributed by atoms with Crippen molar-refractivity contribution in [3.8, 4) is 0 Å². The molecule has 0 atom stereocenters. The second kappa shape index (κ2) is 5.74. The largest absolute Gasteiger partial charge is 0.292 e. The van der Waals surface area contributed by atoms with Crippen LogP contribution >= 0.6 is 0 Å². The third-order valence-corrected chi connectivity index (χ3v) is 4.41. The first kappa shape index (κ1) is 13.3. The summed E-state index contributed by atoms with van der Waals surface area (Å²) in [6.07, 6.45) is 6.98. The number of hydrogen-bond acceptors (Lipinski definition) is 2. The molecule has 0 N–H and O–H groups in total. The minimum Gasteiger partial charge on any atom is -0.292 e. The van der Waals surface area contributed by atoms with Crippen LogP contribution in [0.4, 0.5) is 0 Å². The van der Waals surface area contributed by atoms with Crippen LogP contribution in [0.5, 0.6) is 0 Å². The number of rotatable bonds is 3. The normalized spacial score (nSPS) is 16.4. The van der Waals surface area contributed by atoms with E-state index in [4.69, 9.17) is 0 Å². The molecular weight excluding hydrogens is 246 g/mol. The highest BCUT2D eigenvalue weighted by molar-refractivity contribution is 5.97. The van der Waals surface area contributed by atoms with Crippen molar-refractivity contribution in [2.24, 2.45) is 5.92 Å². The van der Waals surface area contributed by atoms with Crippen LogP contribution < -0.4 is 0 Å². The number of carbonyl (C=O) groups is 1. The first-order valence-electron chi connectivity index (χ1n) is 7.63. The summed E-state index contributed by atoms with van der Waals surface area (Å²) >= 11 is 0. The molecule has 0 unspecified atom stereocenters. The Morgan fingerprint density at radius 1 is 1.20 bits per heavy atom.